The largest absolute Gasteiger partial charge is 0.393 e. The molecule has 0 N–H and O–H groups in total. The van der Waals surface area contributed by atoms with E-state index in [0.717, 1.165) is 19.3 Å². The Morgan fingerprint density at radius 3 is 1.84 bits per heavy atom. The maximum absolute atomic E-state index is 15.0. The Morgan fingerprint density at radius 1 is 0.969 bits per heavy atom. The molecule has 4 aliphatic rings. The molecule has 1 aromatic carbocycles. The average Bonchev–Trinajstić information content (AvgIpc) is 2.71. The smallest absolute Gasteiger partial charge is 0.373 e. The Balaban J connectivity index is 1.94. The van der Waals surface area contributed by atoms with Crippen molar-refractivity contribution in [3.8, 4) is 0 Å². The first-order valence-electron chi connectivity index (χ1n) is 12.3. The maximum atomic E-state index is 15.0. The van der Waals surface area contributed by atoms with Crippen LogP contribution in [0.5, 0.6) is 0 Å². The first-order chi connectivity index (χ1) is 15.1. The summed E-state index contributed by atoms with van der Waals surface area (Å²) >= 11 is 0. The van der Waals surface area contributed by atoms with E-state index in [4.69, 9.17) is 13.5 Å². The van der Waals surface area contributed by atoms with Gasteiger partial charge in [-0.1, -0.05) is 30.3 Å². The topological polar surface area (TPSA) is 61.8 Å². The summed E-state index contributed by atoms with van der Waals surface area (Å²) in [4.78, 5) is 15.0. The monoisotopic (exact) mass is 478 g/mol. The zero-order chi connectivity index (χ0) is 23.2. The van der Waals surface area contributed by atoms with Gasteiger partial charge >= 0.3 is 7.60 Å². The van der Waals surface area contributed by atoms with Crippen LogP contribution in [0.25, 0.3) is 0 Å². The molecule has 0 aliphatic heterocycles. The van der Waals surface area contributed by atoms with E-state index < -0.39 is 26.7 Å². The number of hydrogen-bond donors (Lipinski definition) is 0. The summed E-state index contributed by atoms with van der Waals surface area (Å²) in [5, 5.41) is -1.73. The van der Waals surface area contributed by atoms with Crippen LogP contribution in [0.1, 0.15) is 57.9 Å². The lowest BCUT2D eigenvalue weighted by Crippen LogP contribution is -2.58. The van der Waals surface area contributed by atoms with E-state index in [1.807, 2.05) is 50.0 Å². The highest BCUT2D eigenvalue weighted by Gasteiger charge is 2.68. The van der Waals surface area contributed by atoms with Crippen LogP contribution in [0, 0.1) is 23.2 Å². The molecule has 4 fully saturated rings. The molecular weight excluding hydrogens is 439 g/mol. The minimum atomic E-state index is -3.99. The molecule has 32 heavy (non-hydrogen) atoms. The zero-order valence-electron chi connectivity index (χ0n) is 20.3. The van der Waals surface area contributed by atoms with E-state index in [1.165, 1.54) is 19.3 Å². The van der Waals surface area contributed by atoms with Gasteiger partial charge in [0.2, 0.25) is 5.34 Å². The molecule has 1 aromatic rings. The lowest BCUT2D eigenvalue weighted by molar-refractivity contribution is -0.157. The third-order valence-electron chi connectivity index (χ3n) is 7.43. The van der Waals surface area contributed by atoms with Crippen molar-refractivity contribution in [1.82, 2.24) is 0 Å². The van der Waals surface area contributed by atoms with E-state index >= 15 is 0 Å². The van der Waals surface area contributed by atoms with Gasteiger partial charge in [-0.25, -0.2) is 0 Å². The Labute approximate surface area is 194 Å². The molecule has 0 radical (unpaired) electrons. The lowest BCUT2D eigenvalue weighted by atomic mass is 9.48. The predicted octanol–water partition coefficient (Wildman–Crippen LogP) is 6.74. The van der Waals surface area contributed by atoms with Gasteiger partial charge in [0.15, 0.2) is 14.1 Å². The van der Waals surface area contributed by atoms with Crippen LogP contribution in [0.4, 0.5) is 0 Å². The van der Waals surface area contributed by atoms with Gasteiger partial charge in [-0.2, -0.15) is 0 Å². The molecule has 5 rings (SSSR count). The number of benzene rings is 1. The Kier molecular flexibility index (Phi) is 6.68. The van der Waals surface area contributed by atoms with E-state index in [9.17, 15) is 9.36 Å². The SMILES string of the molecule is CCOP(=O)(OCC)C(O[Si](C)(C)C)(C(=O)C12CC3CC(CC(C3)C1)C2)c1ccccc1. The van der Waals surface area contributed by atoms with Crippen molar-refractivity contribution in [1.29, 1.82) is 0 Å². The van der Waals surface area contributed by atoms with Crippen molar-refractivity contribution in [3.05, 3.63) is 35.9 Å². The quantitative estimate of drug-likeness (QED) is 0.275. The van der Waals surface area contributed by atoms with Gasteiger partial charge in [0.05, 0.1) is 13.2 Å². The fraction of sp³-hybridized carbons (Fsp3) is 0.720. The van der Waals surface area contributed by atoms with Gasteiger partial charge in [0.1, 0.15) is 0 Å². The van der Waals surface area contributed by atoms with Crippen molar-refractivity contribution in [2.24, 2.45) is 23.2 Å². The Bertz CT molecular complexity index is 835. The van der Waals surface area contributed by atoms with Crippen LogP contribution in [0.2, 0.25) is 19.6 Å². The number of rotatable bonds is 10. The van der Waals surface area contributed by atoms with Crippen LogP contribution in [-0.4, -0.2) is 27.3 Å². The van der Waals surface area contributed by atoms with Crippen LogP contribution in [0.3, 0.4) is 0 Å². The first kappa shape index (κ1) is 24.3. The second-order valence-corrected chi connectivity index (χ2v) is 17.7. The molecule has 4 aliphatic carbocycles. The van der Waals surface area contributed by atoms with Gasteiger partial charge < -0.3 is 13.5 Å². The number of Topliss-reactive ketones (excluding diaryl/α,β-unsaturated/α-hetero) is 1. The second-order valence-electron chi connectivity index (χ2n) is 11.1. The normalized spacial score (nSPS) is 31.5. The summed E-state index contributed by atoms with van der Waals surface area (Å²) in [6.45, 7) is 10.1. The summed E-state index contributed by atoms with van der Waals surface area (Å²) in [6.07, 6.45) is 6.32. The van der Waals surface area contributed by atoms with Gasteiger partial charge in [0.25, 0.3) is 0 Å². The summed E-state index contributed by atoms with van der Waals surface area (Å²) < 4.78 is 33.3. The van der Waals surface area contributed by atoms with E-state index in [2.05, 4.69) is 0 Å². The lowest BCUT2D eigenvalue weighted by Gasteiger charge is -2.58. The van der Waals surface area contributed by atoms with Gasteiger partial charge in [-0.15, -0.1) is 0 Å². The standard InChI is InChI=1S/C25H39O5PSi/c1-6-28-31(27,29-7-2)25(30-32(3,4)5,22-11-9-8-10-12-22)23(26)24-16-19-13-20(17-24)15-21(14-19)18-24/h8-12,19-21H,6-7,13-18H2,1-5H3. The fourth-order valence-corrected chi connectivity index (χ4v) is 11.4. The number of carbonyl (C=O) groups excluding carboxylic acids is 1. The predicted molar refractivity (Wildman–Crippen MR) is 129 cm³/mol. The van der Waals surface area contributed by atoms with Crippen LogP contribution >= 0.6 is 7.60 Å². The van der Waals surface area contributed by atoms with Crippen molar-refractivity contribution in [3.63, 3.8) is 0 Å². The third kappa shape index (κ3) is 4.11. The highest BCUT2D eigenvalue weighted by atomic mass is 31.2. The molecule has 4 saturated carbocycles. The van der Waals surface area contributed by atoms with Crippen molar-refractivity contribution < 1.29 is 22.8 Å². The molecule has 0 heterocycles. The van der Waals surface area contributed by atoms with Crippen molar-refractivity contribution in [2.75, 3.05) is 13.2 Å². The van der Waals surface area contributed by atoms with Crippen LogP contribution < -0.4 is 0 Å². The highest BCUT2D eigenvalue weighted by molar-refractivity contribution is 7.56. The molecular formula is C25H39O5PSi. The molecule has 1 atom stereocenters. The van der Waals surface area contributed by atoms with Gasteiger partial charge in [-0.3, -0.25) is 9.36 Å². The summed E-state index contributed by atoms with van der Waals surface area (Å²) in [6, 6.07) is 9.40. The molecule has 7 heteroatoms. The highest BCUT2D eigenvalue weighted by Crippen LogP contribution is 2.71. The molecule has 0 aromatic heterocycles. The molecule has 0 amide bonds. The van der Waals surface area contributed by atoms with E-state index in [-0.39, 0.29) is 19.0 Å². The number of hydrogen-bond acceptors (Lipinski definition) is 5. The minimum Gasteiger partial charge on any atom is -0.393 e. The summed E-state index contributed by atoms with van der Waals surface area (Å²) in [5.41, 5.74) is 0.0992. The molecule has 0 saturated heterocycles. The van der Waals surface area contributed by atoms with E-state index in [1.54, 1.807) is 13.8 Å². The Morgan fingerprint density at radius 2 is 1.44 bits per heavy atom. The molecule has 5 nitrogen and oxygen atoms in total. The maximum Gasteiger partial charge on any atom is 0.373 e. The van der Waals surface area contributed by atoms with Crippen LogP contribution in [0.15, 0.2) is 30.3 Å². The Hall–Kier alpha value is -0.783. The van der Waals surface area contributed by atoms with E-state index in [0.29, 0.717) is 23.3 Å². The first-order valence-corrected chi connectivity index (χ1v) is 17.2. The van der Waals surface area contributed by atoms with Gasteiger partial charge in [-0.05, 0) is 89.8 Å². The molecule has 4 bridgehead atoms. The van der Waals surface area contributed by atoms with Crippen LogP contribution in [-0.2, 0) is 28.2 Å². The summed E-state index contributed by atoms with van der Waals surface area (Å²) in [5.74, 6) is 1.71. The zero-order valence-corrected chi connectivity index (χ0v) is 22.2. The third-order valence-corrected chi connectivity index (χ3v) is 11.0. The van der Waals surface area contributed by atoms with Crippen molar-refractivity contribution >= 4 is 21.7 Å². The average molecular weight is 479 g/mol. The van der Waals surface area contributed by atoms with Gasteiger partial charge in [0, 0.05) is 11.0 Å². The molecule has 1 unspecified atom stereocenters. The second kappa shape index (κ2) is 8.78. The number of ketones is 1. The number of carbonyl (C=O) groups is 1. The van der Waals surface area contributed by atoms with Crippen molar-refractivity contribution in [2.45, 2.75) is 77.4 Å². The minimum absolute atomic E-state index is 0.0528. The molecule has 0 spiro atoms. The summed E-state index contributed by atoms with van der Waals surface area (Å²) in [7, 11) is -6.37. The molecule has 178 valence electrons. The fourth-order valence-electron chi connectivity index (χ4n) is 6.99.